The van der Waals surface area contributed by atoms with Crippen LogP contribution in [-0.4, -0.2) is 5.11 Å². The Hall–Kier alpha value is -1.96. The van der Waals surface area contributed by atoms with Gasteiger partial charge in [0.15, 0.2) is 0 Å². The van der Waals surface area contributed by atoms with Gasteiger partial charge in [-0.05, 0) is 47.7 Å². The van der Waals surface area contributed by atoms with Gasteiger partial charge in [-0.3, -0.25) is 0 Å². The Bertz CT molecular complexity index is 528. The molecule has 0 saturated carbocycles. The smallest absolute Gasteiger partial charge is 0.115 e. The maximum atomic E-state index is 9.36. The van der Waals surface area contributed by atoms with Crippen molar-refractivity contribution in [3.63, 3.8) is 0 Å². The molecule has 2 rings (SSSR count). The van der Waals surface area contributed by atoms with Crippen LogP contribution in [0.5, 0.6) is 5.75 Å². The molecule has 0 amide bonds. The minimum Gasteiger partial charge on any atom is -0.508 e. The fourth-order valence-electron chi connectivity index (χ4n) is 2.29. The van der Waals surface area contributed by atoms with Gasteiger partial charge in [0.25, 0.3) is 0 Å². The molecule has 20 heavy (non-hydrogen) atoms. The number of hydrogen-bond acceptors (Lipinski definition) is 2. The topological polar surface area (TPSA) is 32.3 Å². The molecule has 2 heteroatoms. The van der Waals surface area contributed by atoms with Crippen molar-refractivity contribution in [1.82, 2.24) is 0 Å². The van der Waals surface area contributed by atoms with E-state index in [-0.39, 0.29) is 6.04 Å². The molecule has 1 atom stereocenters. The molecular formula is C18H23NO. The SMILES string of the molecule is CCC(Nc1ccc(C(C)C)cc1)c1ccc(O)cc1. The number of hydrogen-bond donors (Lipinski definition) is 2. The summed E-state index contributed by atoms with van der Waals surface area (Å²) in [5.41, 5.74) is 3.68. The second-order valence-corrected chi connectivity index (χ2v) is 5.47. The zero-order chi connectivity index (χ0) is 14.5. The van der Waals surface area contributed by atoms with E-state index in [1.54, 1.807) is 12.1 Å². The van der Waals surface area contributed by atoms with Gasteiger partial charge in [-0.1, -0.05) is 45.0 Å². The van der Waals surface area contributed by atoms with Crippen LogP contribution in [0.2, 0.25) is 0 Å². The molecule has 2 nitrogen and oxygen atoms in total. The quantitative estimate of drug-likeness (QED) is 0.793. The fraction of sp³-hybridized carbons (Fsp3) is 0.333. The average Bonchev–Trinajstić information content (AvgIpc) is 2.46. The van der Waals surface area contributed by atoms with Crippen molar-refractivity contribution in [3.8, 4) is 5.75 Å². The molecule has 0 radical (unpaired) electrons. The number of aromatic hydroxyl groups is 1. The summed E-state index contributed by atoms with van der Waals surface area (Å²) in [4.78, 5) is 0. The second kappa shape index (κ2) is 6.47. The van der Waals surface area contributed by atoms with Crippen molar-refractivity contribution in [2.24, 2.45) is 0 Å². The van der Waals surface area contributed by atoms with E-state index in [1.165, 1.54) is 11.1 Å². The molecule has 0 fully saturated rings. The van der Waals surface area contributed by atoms with Gasteiger partial charge in [-0.2, -0.15) is 0 Å². The van der Waals surface area contributed by atoms with Crippen molar-refractivity contribution in [2.45, 2.75) is 39.2 Å². The molecule has 0 aliphatic heterocycles. The van der Waals surface area contributed by atoms with E-state index < -0.39 is 0 Å². The maximum Gasteiger partial charge on any atom is 0.115 e. The minimum absolute atomic E-state index is 0.264. The van der Waals surface area contributed by atoms with Crippen molar-refractivity contribution >= 4 is 5.69 Å². The highest BCUT2D eigenvalue weighted by Crippen LogP contribution is 2.25. The molecule has 0 spiro atoms. The van der Waals surface area contributed by atoms with Gasteiger partial charge in [-0.25, -0.2) is 0 Å². The maximum absolute atomic E-state index is 9.36. The van der Waals surface area contributed by atoms with E-state index in [2.05, 4.69) is 50.4 Å². The first-order valence-corrected chi connectivity index (χ1v) is 7.25. The van der Waals surface area contributed by atoms with Crippen LogP contribution in [0, 0.1) is 0 Å². The molecule has 2 aromatic carbocycles. The number of phenolic OH excluding ortho intramolecular Hbond substituents is 1. The first-order valence-electron chi connectivity index (χ1n) is 7.25. The highest BCUT2D eigenvalue weighted by molar-refractivity contribution is 5.47. The lowest BCUT2D eigenvalue weighted by Crippen LogP contribution is -2.09. The van der Waals surface area contributed by atoms with Crippen LogP contribution >= 0.6 is 0 Å². The summed E-state index contributed by atoms with van der Waals surface area (Å²) in [6.07, 6.45) is 0.997. The number of rotatable bonds is 5. The van der Waals surface area contributed by atoms with E-state index in [0.29, 0.717) is 11.7 Å². The lowest BCUT2D eigenvalue weighted by Gasteiger charge is -2.19. The Kier molecular flexibility index (Phi) is 4.67. The summed E-state index contributed by atoms with van der Waals surface area (Å²) in [5, 5.41) is 12.9. The van der Waals surface area contributed by atoms with E-state index in [9.17, 15) is 5.11 Å². The van der Waals surface area contributed by atoms with Gasteiger partial charge >= 0.3 is 0 Å². The first-order chi connectivity index (χ1) is 9.60. The number of benzene rings is 2. The molecule has 0 aromatic heterocycles. The fourth-order valence-corrected chi connectivity index (χ4v) is 2.29. The van der Waals surface area contributed by atoms with Crippen LogP contribution in [0.1, 0.15) is 50.3 Å². The first kappa shape index (κ1) is 14.4. The Morgan fingerprint density at radius 3 is 1.95 bits per heavy atom. The zero-order valence-electron chi connectivity index (χ0n) is 12.4. The second-order valence-electron chi connectivity index (χ2n) is 5.47. The summed E-state index contributed by atoms with van der Waals surface area (Å²) in [6, 6.07) is 16.3. The van der Waals surface area contributed by atoms with Gasteiger partial charge in [-0.15, -0.1) is 0 Å². The molecule has 1 unspecified atom stereocenters. The molecular weight excluding hydrogens is 246 g/mol. The lowest BCUT2D eigenvalue weighted by molar-refractivity contribution is 0.475. The molecule has 0 heterocycles. The standard InChI is InChI=1S/C18H23NO/c1-4-18(15-7-11-17(20)12-8-15)19-16-9-5-14(6-10-16)13(2)3/h5-13,18-20H,4H2,1-3H3. The predicted octanol–water partition coefficient (Wildman–Crippen LogP) is 5.08. The Balaban J connectivity index is 2.11. The van der Waals surface area contributed by atoms with Crippen LogP contribution in [-0.2, 0) is 0 Å². The van der Waals surface area contributed by atoms with Crippen LogP contribution in [0.15, 0.2) is 48.5 Å². The third-order valence-corrected chi connectivity index (χ3v) is 3.62. The lowest BCUT2D eigenvalue weighted by atomic mass is 10.0. The number of anilines is 1. The molecule has 0 aliphatic carbocycles. The summed E-state index contributed by atoms with van der Waals surface area (Å²) in [6.45, 7) is 6.56. The largest absolute Gasteiger partial charge is 0.508 e. The van der Waals surface area contributed by atoms with Crippen molar-refractivity contribution in [1.29, 1.82) is 0 Å². The van der Waals surface area contributed by atoms with E-state index >= 15 is 0 Å². The van der Waals surface area contributed by atoms with E-state index in [1.807, 2.05) is 12.1 Å². The summed E-state index contributed by atoms with van der Waals surface area (Å²) < 4.78 is 0. The van der Waals surface area contributed by atoms with E-state index in [0.717, 1.165) is 12.1 Å². The summed E-state index contributed by atoms with van der Waals surface area (Å²) in [7, 11) is 0. The highest BCUT2D eigenvalue weighted by atomic mass is 16.3. The average molecular weight is 269 g/mol. The highest BCUT2D eigenvalue weighted by Gasteiger charge is 2.09. The number of phenols is 1. The van der Waals surface area contributed by atoms with Gasteiger partial charge in [0.2, 0.25) is 0 Å². The van der Waals surface area contributed by atoms with Gasteiger partial charge in [0.05, 0.1) is 6.04 Å². The normalized spacial score (nSPS) is 12.4. The molecule has 2 aromatic rings. The minimum atomic E-state index is 0.264. The monoisotopic (exact) mass is 269 g/mol. The van der Waals surface area contributed by atoms with Crippen LogP contribution in [0.4, 0.5) is 5.69 Å². The number of nitrogens with one attached hydrogen (secondary N) is 1. The third kappa shape index (κ3) is 3.53. The Morgan fingerprint density at radius 2 is 1.45 bits per heavy atom. The van der Waals surface area contributed by atoms with Crippen LogP contribution in [0.25, 0.3) is 0 Å². The van der Waals surface area contributed by atoms with Crippen molar-refractivity contribution < 1.29 is 5.11 Å². The molecule has 0 aliphatic rings. The third-order valence-electron chi connectivity index (χ3n) is 3.62. The molecule has 2 N–H and O–H groups in total. The van der Waals surface area contributed by atoms with Crippen LogP contribution in [0.3, 0.4) is 0 Å². The molecule has 0 bridgehead atoms. The van der Waals surface area contributed by atoms with Crippen molar-refractivity contribution in [2.75, 3.05) is 5.32 Å². The Morgan fingerprint density at radius 1 is 0.900 bits per heavy atom. The summed E-state index contributed by atoms with van der Waals surface area (Å²) in [5.74, 6) is 0.869. The Labute approximate surface area is 121 Å². The van der Waals surface area contributed by atoms with Gasteiger partial charge < -0.3 is 10.4 Å². The van der Waals surface area contributed by atoms with Gasteiger partial charge in [0, 0.05) is 5.69 Å². The van der Waals surface area contributed by atoms with Gasteiger partial charge in [0.1, 0.15) is 5.75 Å². The predicted molar refractivity (Wildman–Crippen MR) is 85.3 cm³/mol. The molecule has 106 valence electrons. The molecule has 0 saturated heterocycles. The summed E-state index contributed by atoms with van der Waals surface area (Å²) >= 11 is 0. The van der Waals surface area contributed by atoms with Crippen molar-refractivity contribution in [3.05, 3.63) is 59.7 Å². The van der Waals surface area contributed by atoms with E-state index in [4.69, 9.17) is 0 Å². The zero-order valence-corrected chi connectivity index (χ0v) is 12.4. The van der Waals surface area contributed by atoms with Crippen LogP contribution < -0.4 is 5.32 Å².